The van der Waals surface area contributed by atoms with Crippen LogP contribution in [0.1, 0.15) is 40.5 Å². The van der Waals surface area contributed by atoms with E-state index in [2.05, 4.69) is 16.2 Å². The van der Waals surface area contributed by atoms with Gasteiger partial charge in [-0.1, -0.05) is 12.1 Å². The highest BCUT2D eigenvalue weighted by Gasteiger charge is 2.16. The summed E-state index contributed by atoms with van der Waals surface area (Å²) in [6, 6.07) is 11.7. The molecule has 0 atom stereocenters. The molecule has 9 heteroatoms. The van der Waals surface area contributed by atoms with Crippen LogP contribution in [0, 0.1) is 0 Å². The first kappa shape index (κ1) is 21.0. The summed E-state index contributed by atoms with van der Waals surface area (Å²) in [6.45, 7) is 2.73. The lowest BCUT2D eigenvalue weighted by molar-refractivity contribution is -0.121. The molecule has 0 fully saturated rings. The molecule has 2 aromatic carbocycles. The lowest BCUT2D eigenvalue weighted by atomic mass is 10.2. The molecule has 0 saturated heterocycles. The Bertz CT molecular complexity index is 931. The number of hydrogen-bond donors (Lipinski definition) is 3. The third-order valence-electron chi connectivity index (χ3n) is 4.25. The number of para-hydroxylation sites is 1. The SMILES string of the molecule is CCOc1ccccc1C(=O)NCCCC(=O)NNC(=O)c1ccc2c(c1)OCO2. The van der Waals surface area contributed by atoms with Gasteiger partial charge >= 0.3 is 0 Å². The van der Waals surface area contributed by atoms with E-state index in [9.17, 15) is 14.4 Å². The van der Waals surface area contributed by atoms with Crippen molar-refractivity contribution < 1.29 is 28.6 Å². The zero-order valence-electron chi connectivity index (χ0n) is 16.5. The van der Waals surface area contributed by atoms with Gasteiger partial charge in [-0.2, -0.15) is 0 Å². The van der Waals surface area contributed by atoms with Crippen molar-refractivity contribution >= 4 is 17.7 Å². The summed E-state index contributed by atoms with van der Waals surface area (Å²) in [5, 5.41) is 2.76. The molecule has 1 aliphatic rings. The van der Waals surface area contributed by atoms with Crippen LogP contribution in [0.3, 0.4) is 0 Å². The standard InChI is InChI=1S/C21H23N3O6/c1-2-28-16-7-4-3-6-15(16)21(27)22-11-5-8-19(25)23-24-20(26)14-9-10-17-18(12-14)30-13-29-17/h3-4,6-7,9-10,12H,2,5,8,11,13H2,1H3,(H,22,27)(H,23,25)(H,24,26). The van der Waals surface area contributed by atoms with Gasteiger partial charge < -0.3 is 19.5 Å². The van der Waals surface area contributed by atoms with Gasteiger partial charge in [-0.3, -0.25) is 25.2 Å². The molecule has 3 amide bonds. The lowest BCUT2D eigenvalue weighted by Gasteiger charge is -2.11. The van der Waals surface area contributed by atoms with Crippen molar-refractivity contribution in [1.82, 2.24) is 16.2 Å². The van der Waals surface area contributed by atoms with Crippen LogP contribution in [0.4, 0.5) is 0 Å². The Balaban J connectivity index is 1.37. The van der Waals surface area contributed by atoms with Crippen molar-refractivity contribution in [2.24, 2.45) is 0 Å². The highest BCUT2D eigenvalue weighted by molar-refractivity contribution is 5.97. The van der Waals surface area contributed by atoms with E-state index in [0.29, 0.717) is 47.9 Å². The molecule has 0 aromatic heterocycles. The Morgan fingerprint density at radius 1 is 1.00 bits per heavy atom. The maximum Gasteiger partial charge on any atom is 0.269 e. The maximum absolute atomic E-state index is 12.3. The fourth-order valence-corrected chi connectivity index (χ4v) is 2.78. The summed E-state index contributed by atoms with van der Waals surface area (Å²) < 4.78 is 15.8. The van der Waals surface area contributed by atoms with Gasteiger partial charge in [0.2, 0.25) is 12.7 Å². The third kappa shape index (κ3) is 5.40. The third-order valence-corrected chi connectivity index (χ3v) is 4.25. The fraction of sp³-hybridized carbons (Fsp3) is 0.286. The molecule has 0 unspecified atom stereocenters. The van der Waals surface area contributed by atoms with Crippen LogP contribution in [0.15, 0.2) is 42.5 Å². The van der Waals surface area contributed by atoms with E-state index in [4.69, 9.17) is 14.2 Å². The summed E-state index contributed by atoms with van der Waals surface area (Å²) in [7, 11) is 0. The number of nitrogens with one attached hydrogen (secondary N) is 3. The Morgan fingerprint density at radius 3 is 2.63 bits per heavy atom. The van der Waals surface area contributed by atoms with Gasteiger partial charge in [-0.25, -0.2) is 0 Å². The van der Waals surface area contributed by atoms with E-state index in [1.165, 1.54) is 0 Å². The summed E-state index contributed by atoms with van der Waals surface area (Å²) in [6.07, 6.45) is 0.545. The average Bonchev–Trinajstić information content (AvgIpc) is 3.23. The molecule has 0 aliphatic carbocycles. The molecule has 30 heavy (non-hydrogen) atoms. The lowest BCUT2D eigenvalue weighted by Crippen LogP contribution is -2.41. The second-order valence-electron chi connectivity index (χ2n) is 6.36. The Kier molecular flexibility index (Phi) is 7.09. The van der Waals surface area contributed by atoms with Crippen LogP contribution in [0.5, 0.6) is 17.2 Å². The minimum Gasteiger partial charge on any atom is -0.493 e. The summed E-state index contributed by atoms with van der Waals surface area (Å²) in [5.41, 5.74) is 5.48. The highest BCUT2D eigenvalue weighted by Crippen LogP contribution is 2.32. The number of hydrazine groups is 1. The molecule has 158 valence electrons. The van der Waals surface area contributed by atoms with Crippen LogP contribution >= 0.6 is 0 Å². The Morgan fingerprint density at radius 2 is 1.80 bits per heavy atom. The van der Waals surface area contributed by atoms with Crippen molar-refractivity contribution in [3.63, 3.8) is 0 Å². The van der Waals surface area contributed by atoms with Gasteiger partial charge in [-0.15, -0.1) is 0 Å². The van der Waals surface area contributed by atoms with Crippen molar-refractivity contribution in [2.45, 2.75) is 19.8 Å². The van der Waals surface area contributed by atoms with Gasteiger partial charge in [-0.05, 0) is 43.7 Å². The van der Waals surface area contributed by atoms with Crippen LogP contribution in [0.25, 0.3) is 0 Å². The quantitative estimate of drug-likeness (QED) is 0.449. The molecule has 3 N–H and O–H groups in total. The predicted molar refractivity (Wildman–Crippen MR) is 107 cm³/mol. The molecule has 2 aromatic rings. The fourth-order valence-electron chi connectivity index (χ4n) is 2.78. The number of benzene rings is 2. The van der Waals surface area contributed by atoms with E-state index < -0.39 is 5.91 Å². The number of carbonyl (C=O) groups is 3. The zero-order valence-corrected chi connectivity index (χ0v) is 16.5. The first-order valence-electron chi connectivity index (χ1n) is 9.57. The summed E-state index contributed by atoms with van der Waals surface area (Å²) >= 11 is 0. The molecular weight excluding hydrogens is 390 g/mol. The van der Waals surface area contributed by atoms with Crippen molar-refractivity contribution in [2.75, 3.05) is 19.9 Å². The van der Waals surface area contributed by atoms with E-state index in [-0.39, 0.29) is 25.0 Å². The minimum absolute atomic E-state index is 0.116. The summed E-state index contributed by atoms with van der Waals surface area (Å²) in [4.78, 5) is 36.3. The van der Waals surface area contributed by atoms with Crippen molar-refractivity contribution in [3.8, 4) is 17.2 Å². The second kappa shape index (κ2) is 10.1. The molecule has 1 heterocycles. The predicted octanol–water partition coefficient (Wildman–Crippen LogP) is 1.79. The first-order valence-corrected chi connectivity index (χ1v) is 9.57. The van der Waals surface area contributed by atoms with Gasteiger partial charge in [0, 0.05) is 18.5 Å². The van der Waals surface area contributed by atoms with E-state index in [1.54, 1.807) is 42.5 Å². The Hall–Kier alpha value is -3.75. The van der Waals surface area contributed by atoms with Crippen molar-refractivity contribution in [3.05, 3.63) is 53.6 Å². The number of carbonyl (C=O) groups excluding carboxylic acids is 3. The molecule has 0 spiro atoms. The van der Waals surface area contributed by atoms with Gasteiger partial charge in [0.1, 0.15) is 5.75 Å². The van der Waals surface area contributed by atoms with Gasteiger partial charge in [0.15, 0.2) is 11.5 Å². The van der Waals surface area contributed by atoms with Crippen LogP contribution in [-0.4, -0.2) is 37.7 Å². The van der Waals surface area contributed by atoms with Crippen LogP contribution in [0.2, 0.25) is 0 Å². The molecule has 9 nitrogen and oxygen atoms in total. The monoisotopic (exact) mass is 413 g/mol. The smallest absolute Gasteiger partial charge is 0.269 e. The minimum atomic E-state index is -0.470. The number of fused-ring (bicyclic) bond motifs is 1. The zero-order chi connectivity index (χ0) is 21.3. The van der Waals surface area contributed by atoms with Gasteiger partial charge in [0.25, 0.3) is 11.8 Å². The average molecular weight is 413 g/mol. The normalized spacial score (nSPS) is 11.5. The van der Waals surface area contributed by atoms with Crippen molar-refractivity contribution in [1.29, 1.82) is 0 Å². The molecule has 1 aliphatic heterocycles. The Labute approximate surface area is 173 Å². The van der Waals surface area contributed by atoms with E-state index in [0.717, 1.165) is 0 Å². The number of rotatable bonds is 8. The maximum atomic E-state index is 12.3. The van der Waals surface area contributed by atoms with E-state index in [1.807, 2.05) is 6.92 Å². The largest absolute Gasteiger partial charge is 0.493 e. The number of amides is 3. The number of ether oxygens (including phenoxy) is 3. The van der Waals surface area contributed by atoms with Gasteiger partial charge in [0.05, 0.1) is 12.2 Å². The molecule has 0 saturated carbocycles. The molecule has 3 rings (SSSR count). The molecular formula is C21H23N3O6. The van der Waals surface area contributed by atoms with Crippen LogP contribution in [-0.2, 0) is 4.79 Å². The van der Waals surface area contributed by atoms with Crippen LogP contribution < -0.4 is 30.4 Å². The summed E-state index contributed by atoms with van der Waals surface area (Å²) in [5.74, 6) is 0.463. The second-order valence-corrected chi connectivity index (χ2v) is 6.36. The van der Waals surface area contributed by atoms with E-state index >= 15 is 0 Å². The topological polar surface area (TPSA) is 115 Å². The molecule has 0 bridgehead atoms. The first-order chi connectivity index (χ1) is 14.6. The molecule has 0 radical (unpaired) electrons. The highest BCUT2D eigenvalue weighted by atomic mass is 16.7. The number of hydrogen-bond acceptors (Lipinski definition) is 6.